The molecule has 1 saturated carbocycles. The molecule has 122 valence electrons. The van der Waals surface area contributed by atoms with Gasteiger partial charge in [-0.2, -0.15) is 0 Å². The highest BCUT2D eigenvalue weighted by molar-refractivity contribution is 7.93. The molecule has 1 unspecified atom stereocenters. The van der Waals surface area contributed by atoms with E-state index in [2.05, 4.69) is 13.8 Å². The molecule has 20 heavy (non-hydrogen) atoms. The van der Waals surface area contributed by atoms with Gasteiger partial charge in [0.1, 0.15) is 0 Å². The maximum absolute atomic E-state index is 5.23. The van der Waals surface area contributed by atoms with Gasteiger partial charge in [-0.25, -0.2) is 0 Å². The van der Waals surface area contributed by atoms with E-state index in [1.807, 2.05) is 6.26 Å². The smallest absolute Gasteiger partial charge is 0.157 e. The van der Waals surface area contributed by atoms with Crippen molar-refractivity contribution in [1.29, 1.82) is 0 Å². The normalized spacial score (nSPS) is 22.5. The Labute approximate surface area is 130 Å². The second-order valence-electron chi connectivity index (χ2n) is 5.34. The molecule has 0 spiro atoms. The SMILES string of the molecule is CCC.COC1CCCCO1.CSOCC1CCCC1. The molecular formula is C16H34O3S. The predicted molar refractivity (Wildman–Crippen MR) is 88.0 cm³/mol. The van der Waals surface area contributed by atoms with Crippen molar-refractivity contribution in [1.82, 2.24) is 0 Å². The molecule has 0 aromatic carbocycles. The van der Waals surface area contributed by atoms with Crippen molar-refractivity contribution in [3.63, 3.8) is 0 Å². The fourth-order valence-corrected chi connectivity index (χ4v) is 2.57. The third kappa shape index (κ3) is 12.0. The van der Waals surface area contributed by atoms with Gasteiger partial charge in [-0.3, -0.25) is 0 Å². The molecule has 1 heterocycles. The summed E-state index contributed by atoms with van der Waals surface area (Å²) in [7, 11) is 1.69. The molecule has 2 rings (SSSR count). The van der Waals surface area contributed by atoms with E-state index in [1.165, 1.54) is 57.0 Å². The minimum atomic E-state index is 0.0868. The maximum atomic E-state index is 5.23. The summed E-state index contributed by atoms with van der Waals surface area (Å²) in [6, 6.07) is 0. The van der Waals surface area contributed by atoms with E-state index in [-0.39, 0.29) is 6.29 Å². The number of methoxy groups -OCH3 is 1. The van der Waals surface area contributed by atoms with Crippen LogP contribution in [0.15, 0.2) is 0 Å². The van der Waals surface area contributed by atoms with Gasteiger partial charge in [0.25, 0.3) is 0 Å². The average Bonchev–Trinajstić information content (AvgIpc) is 3.01. The lowest BCUT2D eigenvalue weighted by molar-refractivity contribution is -0.145. The number of ether oxygens (including phenoxy) is 2. The third-order valence-electron chi connectivity index (χ3n) is 3.30. The van der Waals surface area contributed by atoms with Crippen LogP contribution >= 0.6 is 12.0 Å². The second-order valence-corrected chi connectivity index (χ2v) is 5.91. The lowest BCUT2D eigenvalue weighted by Gasteiger charge is -2.20. The molecule has 4 heteroatoms. The average molecular weight is 307 g/mol. The van der Waals surface area contributed by atoms with Crippen LogP contribution in [-0.2, 0) is 13.7 Å². The van der Waals surface area contributed by atoms with Crippen molar-refractivity contribution >= 4 is 12.0 Å². The number of rotatable bonds is 4. The highest BCUT2D eigenvalue weighted by Crippen LogP contribution is 2.25. The van der Waals surface area contributed by atoms with E-state index in [0.717, 1.165) is 25.6 Å². The Kier molecular flexibility index (Phi) is 15.8. The summed E-state index contributed by atoms with van der Waals surface area (Å²) in [4.78, 5) is 0. The molecular weight excluding hydrogens is 272 g/mol. The largest absolute Gasteiger partial charge is 0.356 e. The maximum Gasteiger partial charge on any atom is 0.157 e. The monoisotopic (exact) mass is 306 g/mol. The van der Waals surface area contributed by atoms with Crippen molar-refractivity contribution in [2.45, 2.75) is 71.5 Å². The van der Waals surface area contributed by atoms with Crippen LogP contribution in [0, 0.1) is 5.92 Å². The summed E-state index contributed by atoms with van der Waals surface area (Å²) in [5.41, 5.74) is 0. The van der Waals surface area contributed by atoms with Crippen LogP contribution in [0.1, 0.15) is 65.2 Å². The van der Waals surface area contributed by atoms with Gasteiger partial charge in [-0.1, -0.05) is 33.1 Å². The molecule has 0 N–H and O–H groups in total. The molecule has 0 bridgehead atoms. The van der Waals surface area contributed by atoms with Crippen molar-refractivity contribution in [3.05, 3.63) is 0 Å². The standard InChI is InChI=1S/C7H14OS.C6H12O2.C3H8/c1-9-8-6-7-4-2-3-5-7;1-7-6-4-2-3-5-8-6;1-3-2/h7H,2-6H2,1H3;6H,2-5H2,1H3;3H2,1-2H3. The molecule has 3 nitrogen and oxygen atoms in total. The number of hydrogen-bond donors (Lipinski definition) is 0. The molecule has 0 amide bonds. The Hall–Kier alpha value is 0.230. The zero-order valence-electron chi connectivity index (χ0n) is 13.9. The van der Waals surface area contributed by atoms with Gasteiger partial charge in [-0.15, -0.1) is 0 Å². The quantitative estimate of drug-likeness (QED) is 0.680. The summed E-state index contributed by atoms with van der Waals surface area (Å²) < 4.78 is 15.4. The van der Waals surface area contributed by atoms with Crippen LogP contribution in [0.5, 0.6) is 0 Å². The van der Waals surface area contributed by atoms with Gasteiger partial charge in [-0.05, 0) is 50.1 Å². The molecule has 1 aliphatic carbocycles. The van der Waals surface area contributed by atoms with Crippen molar-refractivity contribution in [3.8, 4) is 0 Å². The lowest BCUT2D eigenvalue weighted by atomic mass is 10.1. The van der Waals surface area contributed by atoms with E-state index in [1.54, 1.807) is 7.11 Å². The van der Waals surface area contributed by atoms with Crippen LogP contribution in [0.25, 0.3) is 0 Å². The van der Waals surface area contributed by atoms with Crippen molar-refractivity contribution in [2.24, 2.45) is 5.92 Å². The van der Waals surface area contributed by atoms with Gasteiger partial charge in [0.05, 0.1) is 6.61 Å². The zero-order valence-corrected chi connectivity index (χ0v) is 14.7. The Morgan fingerprint density at radius 3 is 2.05 bits per heavy atom. The van der Waals surface area contributed by atoms with E-state index in [4.69, 9.17) is 13.7 Å². The van der Waals surface area contributed by atoms with Gasteiger partial charge < -0.3 is 13.7 Å². The van der Waals surface area contributed by atoms with Gasteiger partial charge in [0.2, 0.25) is 0 Å². The zero-order chi connectivity index (χ0) is 15.1. The molecule has 0 radical (unpaired) electrons. The van der Waals surface area contributed by atoms with Crippen molar-refractivity contribution in [2.75, 3.05) is 26.6 Å². The van der Waals surface area contributed by atoms with Gasteiger partial charge in [0.15, 0.2) is 6.29 Å². The molecule has 1 atom stereocenters. The highest BCUT2D eigenvalue weighted by atomic mass is 32.2. The Bertz CT molecular complexity index is 179. The van der Waals surface area contributed by atoms with Gasteiger partial charge >= 0.3 is 0 Å². The van der Waals surface area contributed by atoms with E-state index < -0.39 is 0 Å². The molecule has 2 aliphatic rings. The van der Waals surface area contributed by atoms with Crippen LogP contribution in [0.3, 0.4) is 0 Å². The van der Waals surface area contributed by atoms with Crippen molar-refractivity contribution < 1.29 is 13.7 Å². The minimum absolute atomic E-state index is 0.0868. The Morgan fingerprint density at radius 1 is 1.05 bits per heavy atom. The van der Waals surface area contributed by atoms with Crippen LogP contribution in [0.4, 0.5) is 0 Å². The summed E-state index contributed by atoms with van der Waals surface area (Å²) in [6.45, 7) is 6.10. The predicted octanol–water partition coefficient (Wildman–Crippen LogP) is 5.05. The fourth-order valence-electron chi connectivity index (χ4n) is 2.24. The highest BCUT2D eigenvalue weighted by Gasteiger charge is 2.14. The second kappa shape index (κ2) is 15.6. The van der Waals surface area contributed by atoms with E-state index >= 15 is 0 Å². The Balaban J connectivity index is 0.000000304. The minimum Gasteiger partial charge on any atom is -0.356 e. The van der Waals surface area contributed by atoms with E-state index in [9.17, 15) is 0 Å². The first kappa shape index (κ1) is 20.2. The summed E-state index contributed by atoms with van der Waals surface area (Å²) in [5.74, 6) is 0.873. The van der Waals surface area contributed by atoms with Gasteiger partial charge in [0, 0.05) is 20.0 Å². The van der Waals surface area contributed by atoms with Crippen LogP contribution in [-0.4, -0.2) is 32.9 Å². The molecule has 0 aromatic heterocycles. The summed E-state index contributed by atoms with van der Waals surface area (Å²) in [5, 5.41) is 0. The van der Waals surface area contributed by atoms with E-state index in [0.29, 0.717) is 0 Å². The van der Waals surface area contributed by atoms with Crippen LogP contribution in [0.2, 0.25) is 0 Å². The lowest BCUT2D eigenvalue weighted by Crippen LogP contribution is -2.20. The summed E-state index contributed by atoms with van der Waals surface area (Å²) in [6.07, 6.45) is 12.4. The molecule has 1 aliphatic heterocycles. The number of hydrogen-bond acceptors (Lipinski definition) is 4. The topological polar surface area (TPSA) is 27.7 Å². The molecule has 0 aromatic rings. The van der Waals surface area contributed by atoms with Crippen LogP contribution < -0.4 is 0 Å². The molecule has 2 fully saturated rings. The first-order valence-electron chi connectivity index (χ1n) is 8.08. The molecule has 1 saturated heterocycles. The first-order chi connectivity index (χ1) is 9.78. The Morgan fingerprint density at radius 2 is 1.65 bits per heavy atom. The fraction of sp³-hybridized carbons (Fsp3) is 1.00. The summed E-state index contributed by atoms with van der Waals surface area (Å²) >= 11 is 1.49. The third-order valence-corrected chi connectivity index (χ3v) is 3.67. The first-order valence-corrected chi connectivity index (χ1v) is 9.23.